The Labute approximate surface area is 195 Å². The van der Waals surface area contributed by atoms with Gasteiger partial charge in [-0.05, 0) is 56.0 Å². The van der Waals surface area contributed by atoms with Gasteiger partial charge in [-0.2, -0.15) is 13.2 Å². The topological polar surface area (TPSA) is 61.9 Å². The van der Waals surface area contributed by atoms with Crippen molar-refractivity contribution >= 4 is 16.8 Å². The van der Waals surface area contributed by atoms with E-state index in [4.69, 9.17) is 0 Å². The second kappa shape index (κ2) is 9.29. The van der Waals surface area contributed by atoms with Gasteiger partial charge in [0, 0.05) is 35.4 Å². The molecule has 0 saturated heterocycles. The maximum atomic E-state index is 13.5. The molecule has 4 aromatic rings. The zero-order valence-corrected chi connectivity index (χ0v) is 19.2. The zero-order chi connectivity index (χ0) is 24.5. The van der Waals surface area contributed by atoms with Crippen LogP contribution in [0.2, 0.25) is 0 Å². The van der Waals surface area contributed by atoms with Crippen LogP contribution in [0.3, 0.4) is 0 Å². The molecular weight excluding hydrogens is 441 g/mol. The molecule has 2 aromatic heterocycles. The van der Waals surface area contributed by atoms with Crippen LogP contribution in [-0.2, 0) is 6.42 Å². The number of aryl methyl sites for hydroxylation is 3. The van der Waals surface area contributed by atoms with Crippen LogP contribution in [0.25, 0.3) is 22.2 Å². The van der Waals surface area contributed by atoms with Crippen molar-refractivity contribution in [3.8, 4) is 11.3 Å². The number of para-hydroxylation sites is 1. The van der Waals surface area contributed by atoms with Crippen molar-refractivity contribution in [2.24, 2.45) is 0 Å². The van der Waals surface area contributed by atoms with E-state index in [1.807, 2.05) is 56.3 Å². The first-order chi connectivity index (χ1) is 16.1. The molecule has 1 amide bonds. The van der Waals surface area contributed by atoms with Crippen LogP contribution < -0.4 is 0 Å². The number of aromatic nitrogens is 3. The summed E-state index contributed by atoms with van der Waals surface area (Å²) in [6, 6.07) is 13.2. The fourth-order valence-corrected chi connectivity index (χ4v) is 3.97. The van der Waals surface area contributed by atoms with Gasteiger partial charge < -0.3 is 9.88 Å². The molecule has 0 unspecified atom stereocenters. The molecule has 8 heteroatoms. The number of aromatic amines is 1. The molecular formula is C26H25F3N4O. The highest BCUT2D eigenvalue weighted by molar-refractivity contribution is 5.99. The highest BCUT2D eigenvalue weighted by Gasteiger charge is 2.34. The van der Waals surface area contributed by atoms with Crippen LogP contribution in [0.1, 0.15) is 32.9 Å². The Morgan fingerprint density at radius 3 is 2.56 bits per heavy atom. The molecule has 4 rings (SSSR count). The van der Waals surface area contributed by atoms with Gasteiger partial charge in [0.2, 0.25) is 0 Å². The molecule has 0 spiro atoms. The van der Waals surface area contributed by atoms with Crippen molar-refractivity contribution in [2.75, 3.05) is 13.1 Å². The number of carbonyl (C=O) groups is 1. The highest BCUT2D eigenvalue weighted by atomic mass is 19.4. The van der Waals surface area contributed by atoms with Crippen molar-refractivity contribution in [1.29, 1.82) is 0 Å². The van der Waals surface area contributed by atoms with Gasteiger partial charge in [-0.25, -0.2) is 9.97 Å². The number of carbonyl (C=O) groups excluding carboxylic acids is 1. The summed E-state index contributed by atoms with van der Waals surface area (Å²) < 4.78 is 40.4. The third-order valence-corrected chi connectivity index (χ3v) is 5.90. The number of alkyl halides is 3. The van der Waals surface area contributed by atoms with Gasteiger partial charge in [0.1, 0.15) is 12.4 Å². The molecule has 0 atom stereocenters. The summed E-state index contributed by atoms with van der Waals surface area (Å²) in [5, 5.41) is 0.927. The van der Waals surface area contributed by atoms with E-state index in [1.165, 1.54) is 6.20 Å². The van der Waals surface area contributed by atoms with Crippen molar-refractivity contribution in [2.45, 2.75) is 33.4 Å². The molecule has 0 aliphatic rings. The number of nitrogens with one attached hydrogen (secondary N) is 1. The van der Waals surface area contributed by atoms with E-state index in [2.05, 4.69) is 15.0 Å². The van der Waals surface area contributed by atoms with E-state index in [9.17, 15) is 18.0 Å². The van der Waals surface area contributed by atoms with Gasteiger partial charge >= 0.3 is 6.18 Å². The average molecular weight is 467 g/mol. The summed E-state index contributed by atoms with van der Waals surface area (Å²) in [5.74, 6) is -0.309. The second-order valence-electron chi connectivity index (χ2n) is 8.43. The number of H-pyrrole nitrogens is 1. The number of rotatable bonds is 6. The predicted octanol–water partition coefficient (Wildman–Crippen LogP) is 5.80. The molecule has 2 aromatic carbocycles. The van der Waals surface area contributed by atoms with Crippen molar-refractivity contribution in [3.63, 3.8) is 0 Å². The summed E-state index contributed by atoms with van der Waals surface area (Å²) >= 11 is 0. The third-order valence-electron chi connectivity index (χ3n) is 5.90. The molecule has 34 heavy (non-hydrogen) atoms. The number of halogens is 3. The van der Waals surface area contributed by atoms with Gasteiger partial charge in [-0.15, -0.1) is 0 Å². The maximum Gasteiger partial charge on any atom is 0.406 e. The largest absolute Gasteiger partial charge is 0.406 e. The summed E-state index contributed by atoms with van der Waals surface area (Å²) in [7, 11) is 0. The van der Waals surface area contributed by atoms with Crippen LogP contribution in [0.15, 0.2) is 54.9 Å². The lowest BCUT2D eigenvalue weighted by molar-refractivity contribution is -0.140. The Morgan fingerprint density at radius 1 is 1.06 bits per heavy atom. The molecule has 176 valence electrons. The number of nitrogens with zero attached hydrogens (tertiary/aromatic N) is 3. The Bertz CT molecular complexity index is 1340. The minimum Gasteiger partial charge on any atom is -0.361 e. The number of fused-ring (bicyclic) bond motifs is 1. The van der Waals surface area contributed by atoms with E-state index in [1.54, 1.807) is 13.1 Å². The summed E-state index contributed by atoms with van der Waals surface area (Å²) in [4.78, 5) is 25.9. The van der Waals surface area contributed by atoms with E-state index in [0.717, 1.165) is 32.5 Å². The number of benzene rings is 2. The van der Waals surface area contributed by atoms with E-state index in [0.29, 0.717) is 17.1 Å². The molecule has 2 heterocycles. The fraction of sp³-hybridized carbons (Fsp3) is 0.269. The molecule has 0 aliphatic heterocycles. The molecule has 0 bridgehead atoms. The van der Waals surface area contributed by atoms with Crippen molar-refractivity contribution in [1.82, 2.24) is 19.9 Å². The van der Waals surface area contributed by atoms with Gasteiger partial charge in [0.15, 0.2) is 0 Å². The Morgan fingerprint density at radius 2 is 1.82 bits per heavy atom. The van der Waals surface area contributed by atoms with Crippen LogP contribution >= 0.6 is 0 Å². The first-order valence-electron chi connectivity index (χ1n) is 10.9. The number of amides is 1. The lowest BCUT2D eigenvalue weighted by atomic mass is 10.0. The monoisotopic (exact) mass is 466 g/mol. The first kappa shape index (κ1) is 23.5. The maximum absolute atomic E-state index is 13.5. The molecule has 0 radical (unpaired) electrons. The van der Waals surface area contributed by atoms with Crippen molar-refractivity contribution in [3.05, 3.63) is 82.9 Å². The summed E-state index contributed by atoms with van der Waals surface area (Å²) in [6.07, 6.45) is -1.17. The highest BCUT2D eigenvalue weighted by Crippen LogP contribution is 2.27. The lowest BCUT2D eigenvalue weighted by Crippen LogP contribution is -2.40. The Balaban J connectivity index is 1.68. The minimum atomic E-state index is -4.54. The van der Waals surface area contributed by atoms with Gasteiger partial charge in [0.05, 0.1) is 11.3 Å². The molecule has 1 N–H and O–H groups in total. The quantitative estimate of drug-likeness (QED) is 0.391. The lowest BCUT2D eigenvalue weighted by Gasteiger charge is -2.25. The SMILES string of the molecule is Cc1ncc(C(=O)N(CCc2c[nH]c3ccccc23)CC(F)(F)F)c(-c2ccc(C)c(C)c2)n1. The van der Waals surface area contributed by atoms with Crippen molar-refractivity contribution < 1.29 is 18.0 Å². The predicted molar refractivity (Wildman–Crippen MR) is 126 cm³/mol. The normalized spacial score (nSPS) is 11.7. The zero-order valence-electron chi connectivity index (χ0n) is 19.2. The number of hydrogen-bond donors (Lipinski definition) is 1. The molecule has 0 aliphatic carbocycles. The third kappa shape index (κ3) is 5.11. The first-order valence-corrected chi connectivity index (χ1v) is 10.9. The number of hydrogen-bond acceptors (Lipinski definition) is 3. The van der Waals surface area contributed by atoms with Crippen LogP contribution in [0, 0.1) is 20.8 Å². The minimum absolute atomic E-state index is 0.0528. The van der Waals surface area contributed by atoms with Crippen LogP contribution in [-0.4, -0.2) is 45.0 Å². The van der Waals surface area contributed by atoms with Gasteiger partial charge in [-0.1, -0.05) is 30.3 Å². The average Bonchev–Trinajstić information content (AvgIpc) is 3.20. The standard InChI is InChI=1S/C26H25F3N4O/c1-16-8-9-19(12-17(16)2)24-22(14-30-18(3)32-24)25(34)33(15-26(27,28)29)11-10-20-13-31-23-7-5-4-6-21(20)23/h4-9,12-14,31H,10-11,15H2,1-3H3. The molecule has 5 nitrogen and oxygen atoms in total. The van der Waals surface area contributed by atoms with Crippen LogP contribution in [0.4, 0.5) is 13.2 Å². The molecule has 0 saturated carbocycles. The smallest absolute Gasteiger partial charge is 0.361 e. The fourth-order valence-electron chi connectivity index (χ4n) is 3.97. The Hall–Kier alpha value is -3.68. The molecule has 0 fully saturated rings. The second-order valence-corrected chi connectivity index (χ2v) is 8.43. The van der Waals surface area contributed by atoms with E-state index in [-0.39, 0.29) is 18.5 Å². The van der Waals surface area contributed by atoms with Gasteiger partial charge in [-0.3, -0.25) is 4.79 Å². The van der Waals surface area contributed by atoms with Gasteiger partial charge in [0.25, 0.3) is 5.91 Å². The van der Waals surface area contributed by atoms with E-state index < -0.39 is 18.6 Å². The Kier molecular flexibility index (Phi) is 6.41. The summed E-state index contributed by atoms with van der Waals surface area (Å²) in [6.45, 7) is 4.13. The van der Waals surface area contributed by atoms with E-state index >= 15 is 0 Å². The van der Waals surface area contributed by atoms with Crippen LogP contribution in [0.5, 0.6) is 0 Å². The summed E-state index contributed by atoms with van der Waals surface area (Å²) in [5.41, 5.74) is 4.87.